The second-order valence-corrected chi connectivity index (χ2v) is 4.41. The van der Waals surface area contributed by atoms with E-state index in [-0.39, 0.29) is 11.7 Å². The molecule has 1 fully saturated rings. The van der Waals surface area contributed by atoms with Crippen molar-refractivity contribution >= 4 is 5.78 Å². The van der Waals surface area contributed by atoms with Gasteiger partial charge in [0.2, 0.25) is 0 Å². The Balaban J connectivity index is 2.42. The van der Waals surface area contributed by atoms with E-state index in [1.54, 1.807) is 0 Å². The maximum Gasteiger partial charge on any atom is 0.169 e. The van der Waals surface area contributed by atoms with Gasteiger partial charge in [-0.1, -0.05) is 20.8 Å². The molecule has 2 atom stereocenters. The first-order valence-corrected chi connectivity index (χ1v) is 4.64. The molecule has 0 bridgehead atoms. The quantitative estimate of drug-likeness (QED) is 0.604. The van der Waals surface area contributed by atoms with Gasteiger partial charge in [0.15, 0.2) is 5.78 Å². The molecule has 0 radical (unpaired) electrons. The smallest absolute Gasteiger partial charge is 0.169 e. The molecular weight excluding hydrogens is 152 g/mol. The zero-order valence-electron chi connectivity index (χ0n) is 8.39. The number of ketones is 1. The van der Waals surface area contributed by atoms with Crippen LogP contribution in [0.5, 0.6) is 0 Å². The molecule has 1 unspecified atom stereocenters. The highest BCUT2D eigenvalue weighted by molar-refractivity contribution is 5.90. The highest BCUT2D eigenvalue weighted by Crippen LogP contribution is 2.31. The van der Waals surface area contributed by atoms with Crippen LogP contribution in [-0.4, -0.2) is 18.0 Å². The zero-order valence-corrected chi connectivity index (χ0v) is 8.39. The molecule has 1 heterocycles. The van der Waals surface area contributed by atoms with Crippen LogP contribution in [0, 0.1) is 11.8 Å². The minimum absolute atomic E-state index is 0.150. The van der Waals surface area contributed by atoms with E-state index in [9.17, 15) is 4.79 Å². The van der Waals surface area contributed by atoms with Crippen molar-refractivity contribution in [2.24, 2.45) is 11.8 Å². The number of epoxide rings is 1. The van der Waals surface area contributed by atoms with Gasteiger partial charge in [-0.3, -0.25) is 4.79 Å². The molecule has 0 aliphatic carbocycles. The summed E-state index contributed by atoms with van der Waals surface area (Å²) in [6, 6.07) is 0. The fraction of sp³-hybridized carbons (Fsp3) is 0.900. The first-order valence-electron chi connectivity index (χ1n) is 4.64. The van der Waals surface area contributed by atoms with Crippen LogP contribution in [0.3, 0.4) is 0 Å². The highest BCUT2D eigenvalue weighted by Gasteiger charge is 2.48. The number of hydrogen-bond acceptors (Lipinski definition) is 2. The Morgan fingerprint density at radius 1 is 1.50 bits per heavy atom. The van der Waals surface area contributed by atoms with E-state index < -0.39 is 5.60 Å². The molecule has 1 aliphatic heterocycles. The van der Waals surface area contributed by atoms with Crippen molar-refractivity contribution in [2.75, 3.05) is 6.61 Å². The molecule has 0 N–H and O–H groups in total. The van der Waals surface area contributed by atoms with E-state index in [0.717, 1.165) is 6.42 Å². The van der Waals surface area contributed by atoms with Crippen LogP contribution in [0.1, 0.15) is 34.1 Å². The van der Waals surface area contributed by atoms with E-state index in [4.69, 9.17) is 4.74 Å². The number of Topliss-reactive ketones (excluding diaryl/α,β-unsaturated/α-hetero) is 1. The molecule has 0 spiro atoms. The predicted octanol–water partition coefficient (Wildman–Crippen LogP) is 2.03. The molecule has 1 rings (SSSR count). The van der Waals surface area contributed by atoms with Crippen molar-refractivity contribution in [1.82, 2.24) is 0 Å². The average molecular weight is 170 g/mol. The Kier molecular flexibility index (Phi) is 2.57. The summed E-state index contributed by atoms with van der Waals surface area (Å²) in [5.41, 5.74) is -0.422. The molecular formula is C10H18O2. The monoisotopic (exact) mass is 170 g/mol. The SMILES string of the molecule is CC(C)CC(C)C(=O)[C@@]1(C)CO1. The van der Waals surface area contributed by atoms with Gasteiger partial charge < -0.3 is 4.74 Å². The van der Waals surface area contributed by atoms with Gasteiger partial charge in [-0.25, -0.2) is 0 Å². The topological polar surface area (TPSA) is 29.6 Å². The molecule has 2 heteroatoms. The third-order valence-corrected chi connectivity index (χ3v) is 2.37. The second kappa shape index (κ2) is 3.17. The van der Waals surface area contributed by atoms with Crippen LogP contribution < -0.4 is 0 Å². The lowest BCUT2D eigenvalue weighted by molar-refractivity contribution is -0.127. The van der Waals surface area contributed by atoms with Gasteiger partial charge in [0.25, 0.3) is 0 Å². The van der Waals surface area contributed by atoms with Crippen LogP contribution in [0.4, 0.5) is 0 Å². The first kappa shape index (κ1) is 9.72. The van der Waals surface area contributed by atoms with Gasteiger partial charge in [0.05, 0.1) is 6.61 Å². The Morgan fingerprint density at radius 3 is 2.33 bits per heavy atom. The number of carbonyl (C=O) groups excluding carboxylic acids is 1. The van der Waals surface area contributed by atoms with Gasteiger partial charge in [-0.2, -0.15) is 0 Å². The van der Waals surface area contributed by atoms with E-state index in [2.05, 4.69) is 13.8 Å². The van der Waals surface area contributed by atoms with E-state index in [0.29, 0.717) is 12.5 Å². The van der Waals surface area contributed by atoms with Crippen LogP contribution in [-0.2, 0) is 9.53 Å². The Morgan fingerprint density at radius 2 is 2.00 bits per heavy atom. The maximum atomic E-state index is 11.6. The highest BCUT2D eigenvalue weighted by atomic mass is 16.6. The van der Waals surface area contributed by atoms with Gasteiger partial charge in [0, 0.05) is 5.92 Å². The molecule has 0 saturated carbocycles. The summed E-state index contributed by atoms with van der Waals surface area (Å²) in [6.07, 6.45) is 0.970. The van der Waals surface area contributed by atoms with Crippen molar-refractivity contribution < 1.29 is 9.53 Å². The fourth-order valence-corrected chi connectivity index (χ4v) is 1.59. The number of ether oxygens (including phenoxy) is 1. The summed E-state index contributed by atoms with van der Waals surface area (Å²) in [5.74, 6) is 1.01. The molecule has 12 heavy (non-hydrogen) atoms. The first-order chi connectivity index (χ1) is 5.46. The van der Waals surface area contributed by atoms with Gasteiger partial charge >= 0.3 is 0 Å². The normalized spacial score (nSPS) is 30.4. The molecule has 0 aromatic rings. The van der Waals surface area contributed by atoms with Crippen molar-refractivity contribution in [3.8, 4) is 0 Å². The lowest BCUT2D eigenvalue weighted by Gasteiger charge is -2.14. The van der Waals surface area contributed by atoms with Crippen molar-refractivity contribution in [2.45, 2.75) is 39.7 Å². The van der Waals surface area contributed by atoms with Crippen LogP contribution in [0.15, 0.2) is 0 Å². The third kappa shape index (κ3) is 2.07. The molecule has 70 valence electrons. The number of rotatable bonds is 4. The van der Waals surface area contributed by atoms with Crippen LogP contribution in [0.25, 0.3) is 0 Å². The zero-order chi connectivity index (χ0) is 9.35. The maximum absolute atomic E-state index is 11.6. The van der Waals surface area contributed by atoms with Crippen molar-refractivity contribution in [3.05, 3.63) is 0 Å². The Bertz CT molecular complexity index is 180. The van der Waals surface area contributed by atoms with Crippen LogP contribution in [0.2, 0.25) is 0 Å². The second-order valence-electron chi connectivity index (χ2n) is 4.41. The largest absolute Gasteiger partial charge is 0.362 e. The lowest BCUT2D eigenvalue weighted by atomic mass is 9.89. The summed E-state index contributed by atoms with van der Waals surface area (Å²) in [4.78, 5) is 11.6. The minimum Gasteiger partial charge on any atom is -0.362 e. The van der Waals surface area contributed by atoms with Crippen LogP contribution >= 0.6 is 0 Å². The molecule has 2 nitrogen and oxygen atoms in total. The van der Waals surface area contributed by atoms with Gasteiger partial charge in [-0.15, -0.1) is 0 Å². The molecule has 1 aliphatic rings. The van der Waals surface area contributed by atoms with E-state index in [1.165, 1.54) is 0 Å². The summed E-state index contributed by atoms with van der Waals surface area (Å²) in [5, 5.41) is 0. The van der Waals surface area contributed by atoms with Crippen molar-refractivity contribution in [3.63, 3.8) is 0 Å². The molecule has 0 amide bonds. The predicted molar refractivity (Wildman–Crippen MR) is 48.0 cm³/mol. The minimum atomic E-state index is -0.422. The van der Waals surface area contributed by atoms with E-state index in [1.807, 2.05) is 13.8 Å². The average Bonchev–Trinajstić information content (AvgIpc) is 2.66. The molecule has 0 aromatic carbocycles. The van der Waals surface area contributed by atoms with Gasteiger partial charge in [-0.05, 0) is 19.3 Å². The Labute approximate surface area is 74.3 Å². The summed E-state index contributed by atoms with van der Waals surface area (Å²) >= 11 is 0. The lowest BCUT2D eigenvalue weighted by Crippen LogP contribution is -2.27. The molecule has 0 aromatic heterocycles. The fourth-order valence-electron chi connectivity index (χ4n) is 1.59. The van der Waals surface area contributed by atoms with Gasteiger partial charge in [0.1, 0.15) is 5.60 Å². The summed E-state index contributed by atoms with van der Waals surface area (Å²) in [7, 11) is 0. The summed E-state index contributed by atoms with van der Waals surface area (Å²) in [6.45, 7) is 8.77. The molecule has 1 saturated heterocycles. The number of carbonyl (C=O) groups is 1. The third-order valence-electron chi connectivity index (χ3n) is 2.37. The standard InChI is InChI=1S/C10H18O2/c1-7(2)5-8(3)9(11)10(4)6-12-10/h7-8H,5-6H2,1-4H3/t8?,10-/m1/s1. The van der Waals surface area contributed by atoms with Crippen molar-refractivity contribution in [1.29, 1.82) is 0 Å². The number of hydrogen-bond donors (Lipinski definition) is 0. The summed E-state index contributed by atoms with van der Waals surface area (Å²) < 4.78 is 5.11. The van der Waals surface area contributed by atoms with E-state index >= 15 is 0 Å². The Hall–Kier alpha value is -0.370.